The van der Waals surface area contributed by atoms with Gasteiger partial charge in [-0.15, -0.1) is 0 Å². The normalized spacial score (nSPS) is 26.9. The summed E-state index contributed by atoms with van der Waals surface area (Å²) in [6.45, 7) is 7.09. The van der Waals surface area contributed by atoms with E-state index in [1.54, 1.807) is 0 Å². The van der Waals surface area contributed by atoms with Crippen molar-refractivity contribution in [3.05, 3.63) is 0 Å². The van der Waals surface area contributed by atoms with Gasteiger partial charge in [-0.3, -0.25) is 4.79 Å². The van der Waals surface area contributed by atoms with Gasteiger partial charge in [-0.1, -0.05) is 20.8 Å². The number of carbonyl (C=O) groups excluding carboxylic acids is 1. The van der Waals surface area contributed by atoms with Crippen molar-refractivity contribution in [2.75, 3.05) is 6.54 Å². The van der Waals surface area contributed by atoms with Gasteiger partial charge in [0.05, 0.1) is 0 Å². The second kappa shape index (κ2) is 8.90. The van der Waals surface area contributed by atoms with Gasteiger partial charge in [0.15, 0.2) is 0 Å². The lowest BCUT2D eigenvalue weighted by atomic mass is 9.80. The average molecular weight is 298 g/mol. The molecular formula is C16H30N2O3. The molecule has 1 saturated carbocycles. The van der Waals surface area contributed by atoms with Gasteiger partial charge in [0.25, 0.3) is 0 Å². The third-order valence-corrected chi connectivity index (χ3v) is 4.52. The minimum absolute atomic E-state index is 0.0909. The molecule has 0 radical (unpaired) electrons. The Morgan fingerprint density at radius 2 is 1.95 bits per heavy atom. The van der Waals surface area contributed by atoms with E-state index < -0.39 is 5.97 Å². The van der Waals surface area contributed by atoms with Crippen molar-refractivity contribution in [2.24, 2.45) is 17.8 Å². The van der Waals surface area contributed by atoms with Crippen LogP contribution in [0.5, 0.6) is 0 Å². The van der Waals surface area contributed by atoms with Crippen LogP contribution in [0.3, 0.4) is 0 Å². The minimum atomic E-state index is -0.756. The van der Waals surface area contributed by atoms with Gasteiger partial charge < -0.3 is 15.7 Å². The van der Waals surface area contributed by atoms with E-state index in [2.05, 4.69) is 24.5 Å². The van der Waals surface area contributed by atoms with Gasteiger partial charge in [0.1, 0.15) is 0 Å². The quantitative estimate of drug-likeness (QED) is 0.676. The molecule has 1 fully saturated rings. The number of carboxylic acid groups (broad SMARTS) is 1. The number of nitrogens with one attached hydrogen (secondary N) is 2. The molecule has 0 aromatic heterocycles. The number of aliphatic carboxylic acids is 1. The third kappa shape index (κ3) is 7.34. The lowest BCUT2D eigenvalue weighted by molar-refractivity contribution is -0.137. The molecule has 0 aliphatic heterocycles. The van der Waals surface area contributed by atoms with Crippen molar-refractivity contribution in [2.45, 2.75) is 65.3 Å². The fraction of sp³-hybridized carbons (Fsp3) is 0.875. The van der Waals surface area contributed by atoms with Gasteiger partial charge in [0.2, 0.25) is 0 Å². The van der Waals surface area contributed by atoms with E-state index in [0.29, 0.717) is 24.8 Å². The van der Waals surface area contributed by atoms with Gasteiger partial charge in [0, 0.05) is 19.0 Å². The minimum Gasteiger partial charge on any atom is -0.481 e. The summed E-state index contributed by atoms with van der Waals surface area (Å²) >= 11 is 0. The van der Waals surface area contributed by atoms with E-state index in [9.17, 15) is 9.59 Å². The predicted molar refractivity (Wildman–Crippen MR) is 83.2 cm³/mol. The van der Waals surface area contributed by atoms with Crippen molar-refractivity contribution < 1.29 is 14.7 Å². The van der Waals surface area contributed by atoms with Crippen LogP contribution in [-0.4, -0.2) is 29.7 Å². The zero-order valence-corrected chi connectivity index (χ0v) is 13.5. The number of amides is 2. The fourth-order valence-corrected chi connectivity index (χ4v) is 3.05. The molecule has 21 heavy (non-hydrogen) atoms. The predicted octanol–water partition coefficient (Wildman–Crippen LogP) is 3.00. The smallest absolute Gasteiger partial charge is 0.315 e. The highest BCUT2D eigenvalue weighted by Gasteiger charge is 2.26. The topological polar surface area (TPSA) is 78.4 Å². The van der Waals surface area contributed by atoms with E-state index in [4.69, 9.17) is 5.11 Å². The van der Waals surface area contributed by atoms with Crippen LogP contribution in [0.25, 0.3) is 0 Å². The Bertz CT molecular complexity index is 346. The highest BCUT2D eigenvalue weighted by Crippen LogP contribution is 2.28. The molecule has 1 aliphatic rings. The number of rotatable bonds is 7. The summed E-state index contributed by atoms with van der Waals surface area (Å²) in [6, 6.07) is 0.192. The number of hydrogen-bond acceptors (Lipinski definition) is 2. The molecular weight excluding hydrogens is 268 g/mol. The summed E-state index contributed by atoms with van der Waals surface area (Å²) < 4.78 is 0. The monoisotopic (exact) mass is 298 g/mol. The highest BCUT2D eigenvalue weighted by molar-refractivity contribution is 5.74. The van der Waals surface area contributed by atoms with Gasteiger partial charge >= 0.3 is 12.0 Å². The maximum atomic E-state index is 11.9. The first kappa shape index (κ1) is 17.8. The number of carboxylic acids is 1. The second-order valence-corrected chi connectivity index (χ2v) is 6.73. The van der Waals surface area contributed by atoms with Crippen LogP contribution in [0, 0.1) is 17.8 Å². The first-order valence-corrected chi connectivity index (χ1v) is 8.14. The third-order valence-electron chi connectivity index (χ3n) is 4.52. The summed E-state index contributed by atoms with van der Waals surface area (Å²) in [5.41, 5.74) is 0. The molecule has 0 saturated heterocycles. The number of hydrogen-bond donors (Lipinski definition) is 3. The SMILES string of the molecule is CC(CCNC(=O)NC1CCC(C)CC1C)CCC(=O)O. The van der Waals surface area contributed by atoms with Crippen LogP contribution in [0.4, 0.5) is 4.79 Å². The van der Waals surface area contributed by atoms with Crippen molar-refractivity contribution >= 4 is 12.0 Å². The van der Waals surface area contributed by atoms with Crippen LogP contribution in [0.15, 0.2) is 0 Å². The van der Waals surface area contributed by atoms with E-state index in [-0.39, 0.29) is 18.5 Å². The average Bonchev–Trinajstić information content (AvgIpc) is 2.39. The Labute approximate surface area is 127 Å². The van der Waals surface area contributed by atoms with E-state index >= 15 is 0 Å². The zero-order chi connectivity index (χ0) is 15.8. The van der Waals surface area contributed by atoms with Gasteiger partial charge in [-0.05, 0) is 49.9 Å². The summed E-state index contributed by atoms with van der Waals surface area (Å²) in [4.78, 5) is 22.4. The standard InChI is InChI=1S/C16H30N2O3/c1-11(5-7-15(19)20)8-9-17-16(21)18-14-6-4-12(2)10-13(14)3/h11-14H,4-10H2,1-3H3,(H,19,20)(H2,17,18,21). The summed E-state index contributed by atoms with van der Waals surface area (Å²) in [6.07, 6.45) is 5.10. The largest absolute Gasteiger partial charge is 0.481 e. The molecule has 5 nitrogen and oxygen atoms in total. The number of urea groups is 1. The van der Waals surface area contributed by atoms with E-state index in [1.807, 2.05) is 6.92 Å². The first-order valence-electron chi connectivity index (χ1n) is 8.14. The molecule has 0 aromatic rings. The fourth-order valence-electron chi connectivity index (χ4n) is 3.05. The van der Waals surface area contributed by atoms with E-state index in [0.717, 1.165) is 18.8 Å². The number of carbonyl (C=O) groups is 2. The van der Waals surface area contributed by atoms with E-state index in [1.165, 1.54) is 12.8 Å². The summed E-state index contributed by atoms with van der Waals surface area (Å²) in [7, 11) is 0. The van der Waals surface area contributed by atoms with Gasteiger partial charge in [-0.2, -0.15) is 0 Å². The Balaban J connectivity index is 2.15. The summed E-state index contributed by atoms with van der Waals surface area (Å²) in [5.74, 6) is 0.856. The van der Waals surface area contributed by atoms with Gasteiger partial charge in [-0.25, -0.2) is 4.79 Å². The Morgan fingerprint density at radius 3 is 2.57 bits per heavy atom. The van der Waals surface area contributed by atoms with Crippen LogP contribution in [-0.2, 0) is 4.79 Å². The summed E-state index contributed by atoms with van der Waals surface area (Å²) in [5, 5.41) is 14.6. The molecule has 0 heterocycles. The molecule has 4 unspecified atom stereocenters. The Morgan fingerprint density at radius 1 is 1.24 bits per heavy atom. The van der Waals surface area contributed by atoms with Crippen molar-refractivity contribution in [1.82, 2.24) is 10.6 Å². The molecule has 3 N–H and O–H groups in total. The van der Waals surface area contributed by atoms with Crippen molar-refractivity contribution in [1.29, 1.82) is 0 Å². The maximum absolute atomic E-state index is 11.9. The van der Waals surface area contributed by atoms with Crippen LogP contribution >= 0.6 is 0 Å². The van der Waals surface area contributed by atoms with Crippen LogP contribution < -0.4 is 10.6 Å². The van der Waals surface area contributed by atoms with Crippen molar-refractivity contribution in [3.8, 4) is 0 Å². The second-order valence-electron chi connectivity index (χ2n) is 6.73. The maximum Gasteiger partial charge on any atom is 0.315 e. The van der Waals surface area contributed by atoms with Crippen LogP contribution in [0.1, 0.15) is 59.3 Å². The zero-order valence-electron chi connectivity index (χ0n) is 13.5. The highest BCUT2D eigenvalue weighted by atomic mass is 16.4. The molecule has 0 spiro atoms. The van der Waals surface area contributed by atoms with Crippen molar-refractivity contribution in [3.63, 3.8) is 0 Å². The first-order chi connectivity index (χ1) is 9.88. The lowest BCUT2D eigenvalue weighted by Crippen LogP contribution is -2.47. The molecule has 2 amide bonds. The Hall–Kier alpha value is -1.26. The molecule has 1 rings (SSSR count). The molecule has 5 heteroatoms. The Kier molecular flexibility index (Phi) is 7.54. The molecule has 0 aromatic carbocycles. The molecule has 122 valence electrons. The molecule has 4 atom stereocenters. The molecule has 1 aliphatic carbocycles. The molecule has 0 bridgehead atoms. The van der Waals surface area contributed by atoms with Crippen LogP contribution in [0.2, 0.25) is 0 Å². The lowest BCUT2D eigenvalue weighted by Gasteiger charge is -2.33.